The van der Waals surface area contributed by atoms with E-state index in [0.717, 1.165) is 18.5 Å². The second-order valence-corrected chi connectivity index (χ2v) is 5.68. The first-order valence-electron chi connectivity index (χ1n) is 7.40. The number of nitrogens with zero attached hydrogens (tertiary/aromatic N) is 1. The van der Waals surface area contributed by atoms with Crippen LogP contribution >= 0.6 is 0 Å². The third-order valence-electron chi connectivity index (χ3n) is 4.12. The zero-order valence-electron chi connectivity index (χ0n) is 12.6. The Kier molecular flexibility index (Phi) is 5.13. The molecule has 3 nitrogen and oxygen atoms in total. The van der Waals surface area contributed by atoms with E-state index in [9.17, 15) is 4.39 Å². The van der Waals surface area contributed by atoms with Gasteiger partial charge in [0.2, 0.25) is 0 Å². The lowest BCUT2D eigenvalue weighted by atomic mass is 9.98. The van der Waals surface area contributed by atoms with E-state index in [4.69, 9.17) is 10.5 Å². The van der Waals surface area contributed by atoms with Crippen molar-refractivity contribution in [2.75, 3.05) is 19.7 Å². The van der Waals surface area contributed by atoms with E-state index in [1.165, 1.54) is 6.07 Å². The maximum Gasteiger partial charge on any atom is 0.128 e. The van der Waals surface area contributed by atoms with Crippen LogP contribution in [-0.2, 0) is 4.74 Å². The Morgan fingerprint density at radius 1 is 1.50 bits per heavy atom. The molecule has 2 rings (SSSR count). The molecule has 1 aliphatic rings. The Bertz CT molecular complexity index is 452. The summed E-state index contributed by atoms with van der Waals surface area (Å²) in [6, 6.07) is 5.48. The molecule has 1 fully saturated rings. The zero-order chi connectivity index (χ0) is 14.7. The van der Waals surface area contributed by atoms with Gasteiger partial charge in [-0.3, -0.25) is 4.90 Å². The predicted octanol–water partition coefficient (Wildman–Crippen LogP) is 2.63. The van der Waals surface area contributed by atoms with Crippen molar-refractivity contribution < 1.29 is 9.13 Å². The highest BCUT2D eigenvalue weighted by atomic mass is 19.1. The first-order valence-corrected chi connectivity index (χ1v) is 7.40. The predicted molar refractivity (Wildman–Crippen MR) is 79.1 cm³/mol. The summed E-state index contributed by atoms with van der Waals surface area (Å²) in [7, 11) is 0. The quantitative estimate of drug-likeness (QED) is 0.921. The number of ether oxygens (including phenoxy) is 1. The Balaban J connectivity index is 2.31. The highest BCUT2D eigenvalue weighted by Gasteiger charge is 2.32. The normalized spacial score (nSPS) is 25.6. The van der Waals surface area contributed by atoms with Crippen LogP contribution in [0.2, 0.25) is 0 Å². The maximum atomic E-state index is 14.2. The van der Waals surface area contributed by atoms with Crippen LogP contribution in [0.25, 0.3) is 0 Å². The van der Waals surface area contributed by atoms with Crippen molar-refractivity contribution in [3.8, 4) is 0 Å². The van der Waals surface area contributed by atoms with Crippen LogP contribution in [0, 0.1) is 12.7 Å². The molecule has 4 heteroatoms. The standard InChI is InChI=1S/C16H25FN2O/c1-4-13-10-20-12(3)9-19(13)16(8-18)14-7-11(2)5-6-15(14)17/h5-7,12-13,16H,4,8-10,18H2,1-3H3. The van der Waals surface area contributed by atoms with E-state index in [0.29, 0.717) is 24.8 Å². The lowest BCUT2D eigenvalue weighted by Crippen LogP contribution is -2.51. The van der Waals surface area contributed by atoms with Gasteiger partial charge in [0.15, 0.2) is 0 Å². The van der Waals surface area contributed by atoms with Crippen molar-refractivity contribution in [1.82, 2.24) is 4.90 Å². The van der Waals surface area contributed by atoms with E-state index in [2.05, 4.69) is 18.7 Å². The van der Waals surface area contributed by atoms with Crippen molar-refractivity contribution in [1.29, 1.82) is 0 Å². The van der Waals surface area contributed by atoms with E-state index in [1.807, 2.05) is 13.0 Å². The molecule has 1 heterocycles. The molecule has 0 radical (unpaired) electrons. The fourth-order valence-electron chi connectivity index (χ4n) is 2.96. The summed E-state index contributed by atoms with van der Waals surface area (Å²) < 4.78 is 19.9. The highest BCUT2D eigenvalue weighted by Crippen LogP contribution is 2.29. The van der Waals surface area contributed by atoms with Gasteiger partial charge in [0.25, 0.3) is 0 Å². The lowest BCUT2D eigenvalue weighted by molar-refractivity contribution is -0.0723. The molecular formula is C16H25FN2O. The Morgan fingerprint density at radius 3 is 2.90 bits per heavy atom. The van der Waals surface area contributed by atoms with Crippen molar-refractivity contribution in [3.05, 3.63) is 35.1 Å². The molecule has 1 aromatic carbocycles. The largest absolute Gasteiger partial charge is 0.376 e. The summed E-state index contributed by atoms with van der Waals surface area (Å²) in [6.45, 7) is 8.09. The number of halogens is 1. The number of morpholine rings is 1. The summed E-state index contributed by atoms with van der Waals surface area (Å²) in [5.74, 6) is -0.167. The fourth-order valence-corrected chi connectivity index (χ4v) is 2.96. The highest BCUT2D eigenvalue weighted by molar-refractivity contribution is 5.27. The minimum Gasteiger partial charge on any atom is -0.376 e. The number of benzene rings is 1. The van der Waals surface area contributed by atoms with Gasteiger partial charge in [-0.2, -0.15) is 0 Å². The molecule has 20 heavy (non-hydrogen) atoms. The molecular weight excluding hydrogens is 255 g/mol. The molecule has 1 saturated heterocycles. The minimum atomic E-state index is -0.167. The molecule has 0 aromatic heterocycles. The van der Waals surface area contributed by atoms with E-state index >= 15 is 0 Å². The van der Waals surface area contributed by atoms with Crippen molar-refractivity contribution in [2.45, 2.75) is 45.4 Å². The first-order chi connectivity index (χ1) is 9.56. The summed E-state index contributed by atoms with van der Waals surface area (Å²) in [5, 5.41) is 0. The van der Waals surface area contributed by atoms with Crippen molar-refractivity contribution in [3.63, 3.8) is 0 Å². The first kappa shape index (κ1) is 15.4. The number of rotatable bonds is 4. The van der Waals surface area contributed by atoms with E-state index < -0.39 is 0 Å². The van der Waals surface area contributed by atoms with Gasteiger partial charge >= 0.3 is 0 Å². The summed E-state index contributed by atoms with van der Waals surface area (Å²) in [4.78, 5) is 2.31. The van der Waals surface area contributed by atoms with Gasteiger partial charge in [0.05, 0.1) is 18.8 Å². The van der Waals surface area contributed by atoms with Gasteiger partial charge in [0.1, 0.15) is 5.82 Å². The maximum absolute atomic E-state index is 14.2. The topological polar surface area (TPSA) is 38.5 Å². The van der Waals surface area contributed by atoms with Crippen LogP contribution in [0.1, 0.15) is 37.4 Å². The van der Waals surface area contributed by atoms with E-state index in [1.54, 1.807) is 6.07 Å². The zero-order valence-corrected chi connectivity index (χ0v) is 12.6. The lowest BCUT2D eigenvalue weighted by Gasteiger charge is -2.43. The van der Waals surface area contributed by atoms with Gasteiger partial charge in [-0.15, -0.1) is 0 Å². The second kappa shape index (κ2) is 6.66. The molecule has 3 unspecified atom stereocenters. The molecule has 1 aliphatic heterocycles. The average molecular weight is 280 g/mol. The monoisotopic (exact) mass is 280 g/mol. The van der Waals surface area contributed by atoms with Crippen molar-refractivity contribution in [2.24, 2.45) is 5.73 Å². The number of hydrogen-bond acceptors (Lipinski definition) is 3. The Hall–Kier alpha value is -0.970. The van der Waals surface area contributed by atoms with Gasteiger partial charge in [-0.1, -0.05) is 24.6 Å². The number of aryl methyl sites for hydroxylation is 1. The molecule has 1 aromatic rings. The molecule has 112 valence electrons. The molecule has 0 amide bonds. The van der Waals surface area contributed by atoms with Crippen LogP contribution in [0.4, 0.5) is 4.39 Å². The van der Waals surface area contributed by atoms with Crippen LogP contribution in [0.3, 0.4) is 0 Å². The third-order valence-corrected chi connectivity index (χ3v) is 4.12. The van der Waals surface area contributed by atoms with Gasteiger partial charge in [0, 0.05) is 24.7 Å². The van der Waals surface area contributed by atoms with Crippen molar-refractivity contribution >= 4 is 0 Å². The summed E-state index contributed by atoms with van der Waals surface area (Å²) in [5.41, 5.74) is 7.74. The average Bonchev–Trinajstić information content (AvgIpc) is 2.44. The second-order valence-electron chi connectivity index (χ2n) is 5.68. The molecule has 0 aliphatic carbocycles. The molecule has 0 spiro atoms. The minimum absolute atomic E-state index is 0.0776. The smallest absolute Gasteiger partial charge is 0.128 e. The van der Waals surface area contributed by atoms with Crippen LogP contribution in [-0.4, -0.2) is 36.7 Å². The van der Waals surface area contributed by atoms with Crippen LogP contribution < -0.4 is 5.73 Å². The molecule has 2 N–H and O–H groups in total. The van der Waals surface area contributed by atoms with E-state index in [-0.39, 0.29) is 18.0 Å². The fraction of sp³-hybridized carbons (Fsp3) is 0.625. The summed E-state index contributed by atoms with van der Waals surface area (Å²) >= 11 is 0. The number of hydrogen-bond donors (Lipinski definition) is 1. The van der Waals surface area contributed by atoms with Crippen LogP contribution in [0.5, 0.6) is 0 Å². The third kappa shape index (κ3) is 3.19. The van der Waals surface area contributed by atoms with Crippen LogP contribution in [0.15, 0.2) is 18.2 Å². The molecule has 0 saturated carbocycles. The van der Waals surface area contributed by atoms with Gasteiger partial charge in [-0.25, -0.2) is 4.39 Å². The van der Waals surface area contributed by atoms with Gasteiger partial charge < -0.3 is 10.5 Å². The molecule has 3 atom stereocenters. The Labute approximate surface area is 120 Å². The SMILES string of the molecule is CCC1COC(C)CN1C(CN)c1cc(C)ccc1F. The Morgan fingerprint density at radius 2 is 2.25 bits per heavy atom. The molecule has 0 bridgehead atoms. The van der Waals surface area contributed by atoms with Gasteiger partial charge in [-0.05, 0) is 26.3 Å². The summed E-state index contributed by atoms with van der Waals surface area (Å²) in [6.07, 6.45) is 1.15. The number of nitrogens with two attached hydrogens (primary N) is 1.